The number of phenols is 1. The molecular weight excluding hydrogens is 468 g/mol. The van der Waals surface area contributed by atoms with Crippen molar-refractivity contribution in [1.82, 2.24) is 14.5 Å². The quantitative estimate of drug-likeness (QED) is 0.217. The van der Waals surface area contributed by atoms with Gasteiger partial charge in [-0.15, -0.1) is 5.54 Å². The Kier molecular flexibility index (Phi) is 8.72. The zero-order valence-electron chi connectivity index (χ0n) is 21.9. The van der Waals surface area contributed by atoms with Gasteiger partial charge in [0.15, 0.2) is 0 Å². The number of allylic oxidation sites excluding steroid dienone is 1. The number of hydrogen-bond donors (Lipinski definition) is 3. The molecule has 1 aromatic carbocycles. The first-order valence-corrected chi connectivity index (χ1v) is 14.6. The predicted octanol–water partition coefficient (Wildman–Crippen LogP) is 5.36. The lowest BCUT2D eigenvalue weighted by atomic mass is 10.2. The van der Waals surface area contributed by atoms with Gasteiger partial charge in [0.05, 0.1) is 12.0 Å². The van der Waals surface area contributed by atoms with Crippen molar-refractivity contribution in [3.63, 3.8) is 0 Å². The molecule has 0 bridgehead atoms. The van der Waals surface area contributed by atoms with Gasteiger partial charge in [-0.05, 0) is 28.8 Å². The summed E-state index contributed by atoms with van der Waals surface area (Å²) in [5.74, 6) is 3.81. The molecule has 8 heteroatoms. The number of aliphatic hydroxyl groups excluding tert-OH is 1. The predicted molar refractivity (Wildman–Crippen MR) is 149 cm³/mol. The van der Waals surface area contributed by atoms with Gasteiger partial charge in [-0.2, -0.15) is 4.98 Å². The molecule has 0 aliphatic carbocycles. The molecule has 36 heavy (non-hydrogen) atoms. The van der Waals surface area contributed by atoms with Crippen LogP contribution in [0, 0.1) is 11.5 Å². The lowest BCUT2D eigenvalue weighted by Gasteiger charge is -2.38. The molecular formula is C28H36N4O3Si. The van der Waals surface area contributed by atoms with Crippen molar-refractivity contribution in [2.24, 2.45) is 0 Å². The van der Waals surface area contributed by atoms with E-state index in [-0.39, 0.29) is 24.5 Å². The maximum atomic E-state index is 13.2. The van der Waals surface area contributed by atoms with Crippen LogP contribution in [0.2, 0.25) is 16.6 Å². The average molecular weight is 505 g/mol. The average Bonchev–Trinajstić information content (AvgIpc) is 2.80. The highest BCUT2D eigenvalue weighted by atomic mass is 28.3. The van der Waals surface area contributed by atoms with E-state index in [4.69, 9.17) is 5.11 Å². The normalized spacial score (nSPS) is 12.1. The topological polar surface area (TPSA) is 100 Å². The number of rotatable bonds is 8. The molecule has 0 aliphatic rings. The summed E-state index contributed by atoms with van der Waals surface area (Å²) in [4.78, 5) is 22.3. The standard InChI is InChI=1S/C28H36N4O3Si/c1-19(2)36(20(3)4,21(5)6)15-12-22-16-26(35)32(13-7-8-14-33)27-25(22)18-29-28(31-27)30-23-10-9-11-24(34)17-23/h7-11,16-21,33-34H,13-14H2,1-6H3,(H,29,30,31)/b8-7-. The molecule has 7 nitrogen and oxygen atoms in total. The summed E-state index contributed by atoms with van der Waals surface area (Å²) < 4.78 is 1.54. The van der Waals surface area contributed by atoms with E-state index in [1.54, 1.807) is 53.2 Å². The van der Waals surface area contributed by atoms with Gasteiger partial charge in [0.2, 0.25) is 5.95 Å². The number of nitrogens with one attached hydrogen (secondary N) is 1. The lowest BCUT2D eigenvalue weighted by Crippen LogP contribution is -2.43. The minimum absolute atomic E-state index is 0.109. The Balaban J connectivity index is 2.20. The number of anilines is 2. The number of phenolic OH excluding ortho intramolecular Hbond substituents is 1. The van der Waals surface area contributed by atoms with Crippen LogP contribution in [0.1, 0.15) is 47.1 Å². The van der Waals surface area contributed by atoms with Crippen LogP contribution in [0.3, 0.4) is 0 Å². The van der Waals surface area contributed by atoms with Crippen LogP contribution in [0.4, 0.5) is 11.6 Å². The van der Waals surface area contributed by atoms with Crippen molar-refractivity contribution in [3.05, 3.63) is 64.6 Å². The summed E-state index contributed by atoms with van der Waals surface area (Å²) >= 11 is 0. The Morgan fingerprint density at radius 3 is 2.39 bits per heavy atom. The summed E-state index contributed by atoms with van der Waals surface area (Å²) in [6.07, 6.45) is 5.00. The summed E-state index contributed by atoms with van der Waals surface area (Å²) in [5.41, 5.74) is 6.58. The van der Waals surface area contributed by atoms with Crippen molar-refractivity contribution < 1.29 is 10.2 Å². The third-order valence-electron chi connectivity index (χ3n) is 6.79. The maximum absolute atomic E-state index is 13.2. The molecule has 2 heterocycles. The molecule has 3 N–H and O–H groups in total. The fourth-order valence-corrected chi connectivity index (χ4v) is 10.3. The first-order chi connectivity index (χ1) is 17.1. The molecule has 190 valence electrons. The van der Waals surface area contributed by atoms with Crippen molar-refractivity contribution in [2.45, 2.75) is 64.7 Å². The molecule has 3 rings (SSSR count). The van der Waals surface area contributed by atoms with Crippen molar-refractivity contribution >= 4 is 30.7 Å². The second-order valence-electron chi connectivity index (χ2n) is 9.91. The van der Waals surface area contributed by atoms with E-state index in [2.05, 4.69) is 68.3 Å². The van der Waals surface area contributed by atoms with Crippen LogP contribution >= 0.6 is 0 Å². The number of benzene rings is 1. The van der Waals surface area contributed by atoms with E-state index in [1.165, 1.54) is 0 Å². The van der Waals surface area contributed by atoms with Crippen LogP contribution in [-0.2, 0) is 6.54 Å². The molecule has 0 saturated heterocycles. The highest BCUT2D eigenvalue weighted by Crippen LogP contribution is 2.40. The highest BCUT2D eigenvalue weighted by Gasteiger charge is 2.41. The zero-order valence-corrected chi connectivity index (χ0v) is 22.9. The van der Waals surface area contributed by atoms with Crippen molar-refractivity contribution in [2.75, 3.05) is 11.9 Å². The number of fused-ring (bicyclic) bond motifs is 1. The van der Waals surface area contributed by atoms with E-state index in [1.807, 2.05) is 0 Å². The molecule has 0 amide bonds. The Hall–Kier alpha value is -3.41. The molecule has 0 radical (unpaired) electrons. The zero-order chi connectivity index (χ0) is 26.5. The molecule has 3 aromatic rings. The monoisotopic (exact) mass is 504 g/mol. The fourth-order valence-electron chi connectivity index (χ4n) is 5.07. The third kappa shape index (κ3) is 5.69. The summed E-state index contributed by atoms with van der Waals surface area (Å²) in [7, 11) is -2.01. The summed E-state index contributed by atoms with van der Waals surface area (Å²) in [5, 5.41) is 22.7. The third-order valence-corrected chi connectivity index (χ3v) is 13.1. The molecule has 0 unspecified atom stereocenters. The van der Waals surface area contributed by atoms with Crippen molar-refractivity contribution in [3.8, 4) is 17.2 Å². The summed E-state index contributed by atoms with van der Waals surface area (Å²) in [6, 6.07) is 8.22. The Morgan fingerprint density at radius 2 is 1.78 bits per heavy atom. The molecule has 2 aromatic heterocycles. The van der Waals surface area contributed by atoms with E-state index in [0.29, 0.717) is 44.9 Å². The summed E-state index contributed by atoms with van der Waals surface area (Å²) in [6.45, 7) is 13.7. The van der Waals surface area contributed by atoms with Crippen LogP contribution in [0.15, 0.2) is 53.5 Å². The molecule has 0 aliphatic heterocycles. The molecule has 0 spiro atoms. The van der Waals surface area contributed by atoms with Crippen molar-refractivity contribution in [1.29, 1.82) is 0 Å². The van der Waals surface area contributed by atoms with Gasteiger partial charge < -0.3 is 15.5 Å². The van der Waals surface area contributed by atoms with Crippen LogP contribution in [0.5, 0.6) is 5.75 Å². The second kappa shape index (κ2) is 11.5. The van der Waals surface area contributed by atoms with Gasteiger partial charge in [0, 0.05) is 36.1 Å². The Bertz CT molecular complexity index is 1340. The second-order valence-corrected chi connectivity index (χ2v) is 15.5. The smallest absolute Gasteiger partial charge is 0.253 e. The number of pyridine rings is 1. The van der Waals surface area contributed by atoms with E-state index >= 15 is 0 Å². The van der Waals surface area contributed by atoms with E-state index < -0.39 is 8.07 Å². The number of nitrogens with zero attached hydrogens (tertiary/aromatic N) is 3. The molecule has 0 fully saturated rings. The van der Waals surface area contributed by atoms with Crippen LogP contribution in [-0.4, -0.2) is 39.4 Å². The van der Waals surface area contributed by atoms with E-state index in [9.17, 15) is 9.90 Å². The minimum atomic E-state index is -2.01. The largest absolute Gasteiger partial charge is 0.508 e. The van der Waals surface area contributed by atoms with Gasteiger partial charge in [0.25, 0.3) is 5.56 Å². The van der Waals surface area contributed by atoms with Gasteiger partial charge in [0.1, 0.15) is 19.5 Å². The van der Waals surface area contributed by atoms with Gasteiger partial charge in [-0.1, -0.05) is 65.7 Å². The number of aromatic nitrogens is 3. The van der Waals surface area contributed by atoms with Gasteiger partial charge in [-0.25, -0.2) is 4.98 Å². The molecule has 0 atom stereocenters. The first kappa shape index (κ1) is 27.2. The number of aromatic hydroxyl groups is 1. The minimum Gasteiger partial charge on any atom is -0.508 e. The number of aliphatic hydroxyl groups is 1. The molecule has 0 saturated carbocycles. The Morgan fingerprint density at radius 1 is 1.08 bits per heavy atom. The fraction of sp³-hybridized carbons (Fsp3) is 0.393. The van der Waals surface area contributed by atoms with Gasteiger partial charge >= 0.3 is 0 Å². The maximum Gasteiger partial charge on any atom is 0.253 e. The van der Waals surface area contributed by atoms with Crippen LogP contribution in [0.25, 0.3) is 11.0 Å². The van der Waals surface area contributed by atoms with Crippen LogP contribution < -0.4 is 10.9 Å². The number of hydrogen-bond acceptors (Lipinski definition) is 6. The lowest BCUT2D eigenvalue weighted by molar-refractivity contribution is 0.342. The highest BCUT2D eigenvalue weighted by molar-refractivity contribution is 6.90. The SMILES string of the molecule is CC(C)[Si](C#Cc1cc(=O)n(C/C=C\CO)c2nc(Nc3cccc(O)c3)ncc12)(C(C)C)C(C)C. The van der Waals surface area contributed by atoms with E-state index in [0.717, 1.165) is 0 Å². The van der Waals surface area contributed by atoms with Gasteiger partial charge in [-0.3, -0.25) is 9.36 Å². The Labute approximate surface area is 214 Å². The first-order valence-electron chi connectivity index (χ1n) is 12.4.